The molecule has 1 aromatic carbocycles. The van der Waals surface area contributed by atoms with E-state index in [4.69, 9.17) is 0 Å². The van der Waals surface area contributed by atoms with E-state index >= 15 is 0 Å². The van der Waals surface area contributed by atoms with Crippen molar-refractivity contribution in [3.63, 3.8) is 0 Å². The van der Waals surface area contributed by atoms with Crippen LogP contribution in [0.4, 0.5) is 4.39 Å². The molecule has 4 nitrogen and oxygen atoms in total. The molecule has 0 saturated carbocycles. The van der Waals surface area contributed by atoms with E-state index in [1.54, 1.807) is 0 Å². The molecule has 0 aliphatic rings. The second kappa shape index (κ2) is 8.24. The van der Waals surface area contributed by atoms with Gasteiger partial charge in [-0.15, -0.1) is 16.7 Å². The molecule has 0 heterocycles. The minimum absolute atomic E-state index is 0.316. The van der Waals surface area contributed by atoms with Gasteiger partial charge in [-0.2, -0.15) is 0 Å². The Morgan fingerprint density at radius 1 is 1.29 bits per heavy atom. The van der Waals surface area contributed by atoms with E-state index < -0.39 is 11.2 Å². The van der Waals surface area contributed by atoms with Crippen LogP contribution in [-0.2, 0) is 0 Å². The van der Waals surface area contributed by atoms with Crippen LogP contribution in [0.1, 0.15) is 24.2 Å². The van der Waals surface area contributed by atoms with Crippen LogP contribution in [0.25, 0.3) is 0 Å². The number of benzene rings is 1. The third kappa shape index (κ3) is 5.21. The maximum absolute atomic E-state index is 12.8. The van der Waals surface area contributed by atoms with Crippen molar-refractivity contribution in [1.82, 2.24) is 0 Å². The Balaban J connectivity index is 2.61. The summed E-state index contributed by atoms with van der Waals surface area (Å²) >= 11 is 1.25. The van der Waals surface area contributed by atoms with E-state index in [2.05, 4.69) is 26.1 Å². The average molecular weight is 313 g/mol. The maximum Gasteiger partial charge on any atom is 0.201 e. The standard InChI is InChI=1S/C15H22FN2O2S/c1-4-18(3,5-2)10-11-21-15(17-20)14(19)12-6-8-13(16)9-7-12/h6-9,15H,4-5,10-11H2,1-3H3/q+1. The molecule has 6 heteroatoms. The molecular weight excluding hydrogens is 291 g/mol. The van der Waals surface area contributed by atoms with E-state index in [1.807, 2.05) is 0 Å². The molecule has 1 aromatic rings. The first kappa shape index (κ1) is 17.8. The van der Waals surface area contributed by atoms with Crippen molar-refractivity contribution in [3.8, 4) is 0 Å². The lowest BCUT2D eigenvalue weighted by atomic mass is 10.1. The number of nitroso groups, excluding NO2 is 1. The lowest BCUT2D eigenvalue weighted by Gasteiger charge is -2.32. The monoisotopic (exact) mass is 313 g/mol. The Bertz CT molecular complexity index is 475. The molecular formula is C15H22FN2O2S+. The van der Waals surface area contributed by atoms with Crippen molar-refractivity contribution in [3.05, 3.63) is 40.6 Å². The lowest BCUT2D eigenvalue weighted by molar-refractivity contribution is -0.903. The minimum Gasteiger partial charge on any atom is -0.326 e. The molecule has 21 heavy (non-hydrogen) atoms. The summed E-state index contributed by atoms with van der Waals surface area (Å²) in [7, 11) is 2.14. The van der Waals surface area contributed by atoms with E-state index in [0.29, 0.717) is 11.3 Å². The van der Waals surface area contributed by atoms with Crippen molar-refractivity contribution in [1.29, 1.82) is 0 Å². The normalized spacial score (nSPS) is 13.0. The Hall–Kier alpha value is -1.27. The summed E-state index contributed by atoms with van der Waals surface area (Å²) in [5, 5.41) is 1.96. The van der Waals surface area contributed by atoms with Gasteiger partial charge in [0.15, 0.2) is 0 Å². The maximum atomic E-state index is 12.8. The number of Topliss-reactive ketones (excluding diaryl/α,β-unsaturated/α-hetero) is 1. The van der Waals surface area contributed by atoms with Gasteiger partial charge in [0.05, 0.1) is 26.7 Å². The summed E-state index contributed by atoms with van der Waals surface area (Å²) in [6.07, 6.45) is 0. The third-order valence-corrected chi connectivity index (χ3v) is 4.92. The number of carbonyl (C=O) groups is 1. The zero-order valence-corrected chi connectivity index (χ0v) is 13.5. The van der Waals surface area contributed by atoms with Gasteiger partial charge in [-0.3, -0.25) is 4.79 Å². The quantitative estimate of drug-likeness (QED) is 0.399. The topological polar surface area (TPSA) is 46.5 Å². The van der Waals surface area contributed by atoms with Gasteiger partial charge in [-0.25, -0.2) is 4.39 Å². The van der Waals surface area contributed by atoms with E-state index in [-0.39, 0.29) is 5.78 Å². The highest BCUT2D eigenvalue weighted by atomic mass is 32.2. The molecule has 1 atom stereocenters. The fraction of sp³-hybridized carbons (Fsp3) is 0.533. The summed E-state index contributed by atoms with van der Waals surface area (Å²) in [6.45, 7) is 7.12. The van der Waals surface area contributed by atoms with Crippen LogP contribution in [-0.4, -0.2) is 48.1 Å². The van der Waals surface area contributed by atoms with Gasteiger partial charge in [0.1, 0.15) is 5.82 Å². The Morgan fingerprint density at radius 2 is 1.86 bits per heavy atom. The Morgan fingerprint density at radius 3 is 2.33 bits per heavy atom. The molecule has 0 spiro atoms. The predicted octanol–water partition coefficient (Wildman–Crippen LogP) is 3.32. The third-order valence-electron chi connectivity index (χ3n) is 3.88. The first-order valence-electron chi connectivity index (χ1n) is 7.03. The molecule has 0 bridgehead atoms. The zero-order valence-electron chi connectivity index (χ0n) is 12.7. The summed E-state index contributed by atoms with van der Waals surface area (Å²) in [4.78, 5) is 23.1. The molecule has 0 radical (unpaired) electrons. The van der Waals surface area contributed by atoms with Gasteiger partial charge in [0.25, 0.3) is 0 Å². The highest BCUT2D eigenvalue weighted by molar-refractivity contribution is 8.00. The molecule has 1 rings (SSSR count). The summed E-state index contributed by atoms with van der Waals surface area (Å²) in [5.41, 5.74) is 0.316. The van der Waals surface area contributed by atoms with Crippen LogP contribution in [0, 0.1) is 10.7 Å². The van der Waals surface area contributed by atoms with Crippen LogP contribution in [0.3, 0.4) is 0 Å². The van der Waals surface area contributed by atoms with Crippen molar-refractivity contribution in [2.24, 2.45) is 5.18 Å². The Kier molecular flexibility index (Phi) is 6.98. The molecule has 0 aliphatic carbocycles. The van der Waals surface area contributed by atoms with Gasteiger partial charge in [-0.1, -0.05) is 0 Å². The fourth-order valence-electron chi connectivity index (χ4n) is 1.84. The molecule has 0 fully saturated rings. The lowest BCUT2D eigenvalue weighted by Crippen LogP contribution is -2.45. The number of thioether (sulfide) groups is 1. The summed E-state index contributed by atoms with van der Waals surface area (Å²) < 4.78 is 13.7. The van der Waals surface area contributed by atoms with Crippen LogP contribution in [0.5, 0.6) is 0 Å². The largest absolute Gasteiger partial charge is 0.326 e. The number of hydrogen-bond acceptors (Lipinski definition) is 4. The summed E-state index contributed by atoms with van der Waals surface area (Å²) in [5.74, 6) is -0.0902. The number of hydrogen-bond donors (Lipinski definition) is 0. The van der Waals surface area contributed by atoms with Crippen LogP contribution < -0.4 is 0 Å². The molecule has 0 N–H and O–H groups in total. The molecule has 0 aromatic heterocycles. The van der Waals surface area contributed by atoms with Gasteiger partial charge < -0.3 is 4.48 Å². The molecule has 1 unspecified atom stereocenters. The summed E-state index contributed by atoms with van der Waals surface area (Å²) in [6, 6.07) is 5.19. The highest BCUT2D eigenvalue weighted by Crippen LogP contribution is 2.19. The molecule has 116 valence electrons. The number of carbonyl (C=O) groups excluding carboxylic acids is 1. The van der Waals surface area contributed by atoms with Crippen LogP contribution in [0.2, 0.25) is 0 Å². The fourth-order valence-corrected chi connectivity index (χ4v) is 2.95. The number of quaternary nitrogens is 1. The molecule has 0 saturated heterocycles. The van der Waals surface area contributed by atoms with E-state index in [1.165, 1.54) is 36.0 Å². The number of halogens is 1. The predicted molar refractivity (Wildman–Crippen MR) is 84.9 cm³/mol. The van der Waals surface area contributed by atoms with Crippen molar-refractivity contribution >= 4 is 17.5 Å². The number of rotatable bonds is 9. The van der Waals surface area contributed by atoms with Crippen molar-refractivity contribution in [2.75, 3.05) is 32.4 Å². The molecule has 0 aliphatic heterocycles. The van der Waals surface area contributed by atoms with Gasteiger partial charge in [0.2, 0.25) is 11.2 Å². The Labute approximate surface area is 129 Å². The zero-order chi connectivity index (χ0) is 15.9. The second-order valence-electron chi connectivity index (χ2n) is 5.18. The van der Waals surface area contributed by atoms with Crippen LogP contribution >= 0.6 is 11.8 Å². The smallest absolute Gasteiger partial charge is 0.201 e. The van der Waals surface area contributed by atoms with Crippen molar-refractivity contribution in [2.45, 2.75) is 19.2 Å². The van der Waals surface area contributed by atoms with Gasteiger partial charge >= 0.3 is 0 Å². The van der Waals surface area contributed by atoms with Gasteiger partial charge in [-0.05, 0) is 43.3 Å². The van der Waals surface area contributed by atoms with Crippen LogP contribution in [0.15, 0.2) is 29.4 Å². The minimum atomic E-state index is -0.961. The SMILES string of the molecule is CC[N+](C)(CC)CCSC(N=O)C(=O)c1ccc(F)cc1. The van der Waals surface area contributed by atoms with E-state index in [0.717, 1.165) is 24.1 Å². The van der Waals surface area contributed by atoms with E-state index in [9.17, 15) is 14.1 Å². The van der Waals surface area contributed by atoms with Crippen molar-refractivity contribution < 1.29 is 13.7 Å². The first-order valence-corrected chi connectivity index (χ1v) is 8.08. The highest BCUT2D eigenvalue weighted by Gasteiger charge is 2.23. The average Bonchev–Trinajstić information content (AvgIpc) is 2.51. The first-order chi connectivity index (χ1) is 9.95. The molecule has 0 amide bonds. The van der Waals surface area contributed by atoms with Gasteiger partial charge in [0, 0.05) is 11.3 Å². The number of ketones is 1. The second-order valence-corrected chi connectivity index (χ2v) is 6.36. The number of nitrogens with zero attached hydrogens (tertiary/aromatic N) is 2.